The summed E-state index contributed by atoms with van der Waals surface area (Å²) in [5.74, 6) is 2.08. The Morgan fingerprint density at radius 3 is 2.78 bits per heavy atom. The minimum atomic E-state index is 0.185. The predicted octanol–water partition coefficient (Wildman–Crippen LogP) is 4.24. The van der Waals surface area contributed by atoms with Crippen LogP contribution in [0.1, 0.15) is 62.1 Å². The molecule has 1 aromatic rings. The first kappa shape index (κ1) is 12.6. The summed E-state index contributed by atoms with van der Waals surface area (Å²) in [4.78, 5) is 0. The van der Waals surface area contributed by atoms with E-state index in [1.807, 2.05) is 0 Å². The first-order valence-electron chi connectivity index (χ1n) is 7.18. The van der Waals surface area contributed by atoms with Crippen LogP contribution < -0.4 is 5.73 Å². The van der Waals surface area contributed by atoms with Crippen molar-refractivity contribution in [2.24, 2.45) is 5.73 Å². The molecule has 1 aromatic carbocycles. The molecular formula is C16H23NS. The molecule has 3 rings (SSSR count). The van der Waals surface area contributed by atoms with E-state index in [9.17, 15) is 0 Å². The van der Waals surface area contributed by atoms with Crippen molar-refractivity contribution in [1.29, 1.82) is 0 Å². The molecule has 2 unspecified atom stereocenters. The lowest BCUT2D eigenvalue weighted by Crippen LogP contribution is -2.33. The molecule has 1 saturated carbocycles. The van der Waals surface area contributed by atoms with Crippen LogP contribution in [0.15, 0.2) is 24.3 Å². The van der Waals surface area contributed by atoms with E-state index in [0.717, 1.165) is 5.92 Å². The number of nitrogens with two attached hydrogens (primary N) is 1. The van der Waals surface area contributed by atoms with Gasteiger partial charge in [0.15, 0.2) is 0 Å². The maximum Gasteiger partial charge on any atom is 0.0441 e. The van der Waals surface area contributed by atoms with Crippen molar-refractivity contribution in [3.8, 4) is 0 Å². The van der Waals surface area contributed by atoms with Crippen molar-refractivity contribution in [1.82, 2.24) is 0 Å². The molecule has 2 fully saturated rings. The van der Waals surface area contributed by atoms with Crippen LogP contribution in [0.25, 0.3) is 0 Å². The molecule has 1 aliphatic heterocycles. The zero-order chi connectivity index (χ0) is 12.6. The average molecular weight is 261 g/mol. The molecule has 1 aliphatic carbocycles. The fourth-order valence-corrected chi connectivity index (χ4v) is 4.51. The lowest BCUT2D eigenvalue weighted by Gasteiger charge is -2.32. The van der Waals surface area contributed by atoms with Gasteiger partial charge in [-0.3, -0.25) is 0 Å². The van der Waals surface area contributed by atoms with Gasteiger partial charge in [-0.15, -0.1) is 0 Å². The van der Waals surface area contributed by atoms with Gasteiger partial charge in [-0.2, -0.15) is 11.8 Å². The lowest BCUT2D eigenvalue weighted by atomic mass is 9.79. The van der Waals surface area contributed by atoms with Gasteiger partial charge in [0.2, 0.25) is 0 Å². The molecule has 1 heterocycles. The number of hydrogen-bond donors (Lipinski definition) is 1. The van der Waals surface area contributed by atoms with Gasteiger partial charge >= 0.3 is 0 Å². The minimum Gasteiger partial charge on any atom is -0.323 e. The van der Waals surface area contributed by atoms with Crippen molar-refractivity contribution in [2.75, 3.05) is 5.75 Å². The van der Waals surface area contributed by atoms with Crippen LogP contribution in [0, 0.1) is 0 Å². The van der Waals surface area contributed by atoms with E-state index < -0.39 is 0 Å². The number of thioether (sulfide) groups is 1. The van der Waals surface area contributed by atoms with Gasteiger partial charge < -0.3 is 5.73 Å². The van der Waals surface area contributed by atoms with Crippen molar-refractivity contribution in [2.45, 2.75) is 55.7 Å². The highest BCUT2D eigenvalue weighted by molar-refractivity contribution is 8.00. The largest absolute Gasteiger partial charge is 0.323 e. The van der Waals surface area contributed by atoms with Crippen LogP contribution >= 0.6 is 11.8 Å². The SMILES string of the molecule is CC1(C(N)c2cccc(C3CCC3)c2)CCCS1. The number of hydrogen-bond acceptors (Lipinski definition) is 2. The first-order chi connectivity index (χ1) is 8.69. The predicted molar refractivity (Wildman–Crippen MR) is 80.1 cm³/mol. The summed E-state index contributed by atoms with van der Waals surface area (Å²) in [5.41, 5.74) is 9.40. The van der Waals surface area contributed by atoms with E-state index in [0.29, 0.717) is 0 Å². The van der Waals surface area contributed by atoms with Gasteiger partial charge in [0, 0.05) is 10.8 Å². The zero-order valence-electron chi connectivity index (χ0n) is 11.2. The third-order valence-corrected chi connectivity index (χ3v) is 6.36. The lowest BCUT2D eigenvalue weighted by molar-refractivity contribution is 0.418. The zero-order valence-corrected chi connectivity index (χ0v) is 12.0. The van der Waals surface area contributed by atoms with E-state index in [4.69, 9.17) is 5.73 Å². The summed E-state index contributed by atoms with van der Waals surface area (Å²) in [5, 5.41) is 0. The Bertz CT molecular complexity index is 419. The van der Waals surface area contributed by atoms with Gasteiger partial charge in [0.05, 0.1) is 0 Å². The molecule has 0 aromatic heterocycles. The molecule has 2 heteroatoms. The van der Waals surface area contributed by atoms with E-state index >= 15 is 0 Å². The van der Waals surface area contributed by atoms with Gasteiger partial charge in [0.1, 0.15) is 0 Å². The molecule has 98 valence electrons. The van der Waals surface area contributed by atoms with Gasteiger partial charge in [-0.1, -0.05) is 30.7 Å². The molecule has 2 aliphatic rings. The standard InChI is InChI=1S/C16H23NS/c1-16(9-4-10-18-16)15(17)14-8-3-7-13(11-14)12-5-2-6-12/h3,7-8,11-12,15H,2,4-6,9-10,17H2,1H3. The smallest absolute Gasteiger partial charge is 0.0441 e. The second-order valence-electron chi connectivity index (χ2n) is 6.04. The van der Waals surface area contributed by atoms with Crippen molar-refractivity contribution < 1.29 is 0 Å². The van der Waals surface area contributed by atoms with Gasteiger partial charge in [-0.25, -0.2) is 0 Å². The maximum absolute atomic E-state index is 6.54. The van der Waals surface area contributed by atoms with Crippen LogP contribution in [0.5, 0.6) is 0 Å². The Labute approximate surface area is 115 Å². The Morgan fingerprint density at radius 2 is 2.17 bits per heavy atom. The molecular weight excluding hydrogens is 238 g/mol. The second-order valence-corrected chi connectivity index (χ2v) is 7.67. The number of benzene rings is 1. The molecule has 1 saturated heterocycles. The number of rotatable bonds is 3. The highest BCUT2D eigenvalue weighted by atomic mass is 32.2. The summed E-state index contributed by atoms with van der Waals surface area (Å²) in [6.07, 6.45) is 6.70. The summed E-state index contributed by atoms with van der Waals surface area (Å²) in [7, 11) is 0. The summed E-state index contributed by atoms with van der Waals surface area (Å²) in [6.45, 7) is 2.34. The van der Waals surface area contributed by atoms with Crippen LogP contribution in [0.4, 0.5) is 0 Å². The molecule has 2 N–H and O–H groups in total. The van der Waals surface area contributed by atoms with Gasteiger partial charge in [-0.05, 0) is 55.4 Å². The fourth-order valence-electron chi connectivity index (χ4n) is 3.15. The fraction of sp³-hybridized carbons (Fsp3) is 0.625. The van der Waals surface area contributed by atoms with Gasteiger partial charge in [0.25, 0.3) is 0 Å². The third kappa shape index (κ3) is 2.21. The van der Waals surface area contributed by atoms with Crippen molar-refractivity contribution in [3.05, 3.63) is 35.4 Å². The van der Waals surface area contributed by atoms with Crippen LogP contribution in [-0.4, -0.2) is 10.5 Å². The highest BCUT2D eigenvalue weighted by Crippen LogP contribution is 2.46. The van der Waals surface area contributed by atoms with E-state index in [1.54, 1.807) is 0 Å². The van der Waals surface area contributed by atoms with Crippen LogP contribution in [0.2, 0.25) is 0 Å². The summed E-state index contributed by atoms with van der Waals surface area (Å²) < 4.78 is 0.248. The highest BCUT2D eigenvalue weighted by Gasteiger charge is 2.36. The van der Waals surface area contributed by atoms with Crippen molar-refractivity contribution >= 4 is 11.8 Å². The van der Waals surface area contributed by atoms with E-state index in [-0.39, 0.29) is 10.8 Å². The van der Waals surface area contributed by atoms with Crippen LogP contribution in [0.3, 0.4) is 0 Å². The molecule has 1 nitrogen and oxygen atoms in total. The van der Waals surface area contributed by atoms with E-state index in [2.05, 4.69) is 43.0 Å². The monoisotopic (exact) mass is 261 g/mol. The molecule has 0 radical (unpaired) electrons. The Morgan fingerprint density at radius 1 is 1.33 bits per heavy atom. The molecule has 18 heavy (non-hydrogen) atoms. The topological polar surface area (TPSA) is 26.0 Å². The quantitative estimate of drug-likeness (QED) is 0.880. The summed E-state index contributed by atoms with van der Waals surface area (Å²) >= 11 is 2.06. The third-order valence-electron chi connectivity index (χ3n) is 4.75. The molecule has 0 spiro atoms. The van der Waals surface area contributed by atoms with E-state index in [1.165, 1.54) is 49.0 Å². The Balaban J connectivity index is 1.82. The Hall–Kier alpha value is -0.470. The Kier molecular flexibility index (Phi) is 3.42. The minimum absolute atomic E-state index is 0.185. The molecule has 0 amide bonds. The average Bonchev–Trinajstić information content (AvgIpc) is 2.75. The molecule has 0 bridgehead atoms. The summed E-state index contributed by atoms with van der Waals surface area (Å²) in [6, 6.07) is 9.26. The first-order valence-corrected chi connectivity index (χ1v) is 8.17. The normalized spacial score (nSPS) is 30.1. The van der Waals surface area contributed by atoms with Crippen LogP contribution in [-0.2, 0) is 0 Å². The molecule has 2 atom stereocenters. The van der Waals surface area contributed by atoms with Crippen molar-refractivity contribution in [3.63, 3.8) is 0 Å². The second kappa shape index (κ2) is 4.90. The maximum atomic E-state index is 6.54.